The minimum Gasteiger partial charge on any atom is -0.360 e. The standard InChI is InChI=1S/C22H25N5O3/c1-14-16(10-24-26(14)3)12-25(2)20(28)18-17-6-7-22(30-17)13-27(21(29)19(18)22)11-15-5-4-8-23-9-15/h4-10,17-19H,11-13H2,1-3H3/t17-,18?,19?,22-/m1/s1. The first-order valence-corrected chi connectivity index (χ1v) is 10.2. The van der Waals surface area contributed by atoms with E-state index in [9.17, 15) is 9.59 Å². The predicted molar refractivity (Wildman–Crippen MR) is 108 cm³/mol. The van der Waals surface area contributed by atoms with Crippen molar-refractivity contribution in [1.29, 1.82) is 0 Å². The van der Waals surface area contributed by atoms with Gasteiger partial charge < -0.3 is 14.5 Å². The Kier molecular flexibility index (Phi) is 4.28. The van der Waals surface area contributed by atoms with Gasteiger partial charge in [-0.15, -0.1) is 0 Å². The molecule has 0 aromatic carbocycles. The SMILES string of the molecule is Cc1c(CN(C)C(=O)C2C3C(=O)N(Cc4cccnc4)C[C@]34C=C[C@H]2O4)cnn1C. The average molecular weight is 407 g/mol. The van der Waals surface area contributed by atoms with Crippen LogP contribution < -0.4 is 0 Å². The monoisotopic (exact) mass is 407 g/mol. The molecule has 0 saturated carbocycles. The molecular weight excluding hydrogens is 382 g/mol. The van der Waals surface area contributed by atoms with Gasteiger partial charge in [0.15, 0.2) is 0 Å². The van der Waals surface area contributed by atoms with Crippen LogP contribution in [0, 0.1) is 18.8 Å². The number of aryl methyl sites for hydroxylation is 1. The third-order valence-corrected chi connectivity index (χ3v) is 6.68. The summed E-state index contributed by atoms with van der Waals surface area (Å²) in [5.41, 5.74) is 2.29. The molecule has 30 heavy (non-hydrogen) atoms. The van der Waals surface area contributed by atoms with Crippen molar-refractivity contribution in [2.24, 2.45) is 18.9 Å². The van der Waals surface area contributed by atoms with Crippen LogP contribution in [0.5, 0.6) is 0 Å². The molecule has 2 aromatic heterocycles. The van der Waals surface area contributed by atoms with Gasteiger partial charge in [0.1, 0.15) is 5.60 Å². The Bertz CT molecular complexity index is 1030. The van der Waals surface area contributed by atoms with Crippen LogP contribution in [0.1, 0.15) is 16.8 Å². The maximum Gasteiger partial charge on any atom is 0.230 e. The Balaban J connectivity index is 1.36. The van der Waals surface area contributed by atoms with Crippen molar-refractivity contribution < 1.29 is 14.3 Å². The molecule has 8 nitrogen and oxygen atoms in total. The molecule has 4 atom stereocenters. The van der Waals surface area contributed by atoms with Gasteiger partial charge in [-0.1, -0.05) is 18.2 Å². The van der Waals surface area contributed by atoms with Crippen LogP contribution >= 0.6 is 0 Å². The van der Waals surface area contributed by atoms with E-state index in [0.717, 1.165) is 16.8 Å². The van der Waals surface area contributed by atoms with E-state index < -0.39 is 17.4 Å². The molecule has 3 aliphatic rings. The van der Waals surface area contributed by atoms with Crippen LogP contribution in [-0.4, -0.2) is 61.7 Å². The number of hydrogen-bond donors (Lipinski definition) is 0. The number of ether oxygens (including phenoxy) is 1. The van der Waals surface area contributed by atoms with Crippen molar-refractivity contribution in [3.8, 4) is 0 Å². The fraction of sp³-hybridized carbons (Fsp3) is 0.455. The Morgan fingerprint density at radius 1 is 1.40 bits per heavy atom. The number of aromatic nitrogens is 3. The highest BCUT2D eigenvalue weighted by Gasteiger charge is 2.67. The molecule has 5 rings (SSSR count). The van der Waals surface area contributed by atoms with Crippen molar-refractivity contribution in [2.75, 3.05) is 13.6 Å². The van der Waals surface area contributed by atoms with Gasteiger partial charge in [0.2, 0.25) is 11.8 Å². The topological polar surface area (TPSA) is 80.6 Å². The van der Waals surface area contributed by atoms with Crippen LogP contribution in [0.2, 0.25) is 0 Å². The quantitative estimate of drug-likeness (QED) is 0.693. The number of carbonyl (C=O) groups is 2. The summed E-state index contributed by atoms with van der Waals surface area (Å²) in [6.07, 6.45) is 8.85. The smallest absolute Gasteiger partial charge is 0.230 e. The van der Waals surface area contributed by atoms with E-state index in [1.54, 1.807) is 40.1 Å². The molecule has 2 bridgehead atoms. The second kappa shape index (κ2) is 6.77. The molecular formula is C22H25N5O3. The first kappa shape index (κ1) is 19.0. The maximum atomic E-state index is 13.4. The van der Waals surface area contributed by atoms with Gasteiger partial charge in [-0.3, -0.25) is 19.3 Å². The van der Waals surface area contributed by atoms with Crippen molar-refractivity contribution in [1.82, 2.24) is 24.6 Å². The third kappa shape index (κ3) is 2.78. The van der Waals surface area contributed by atoms with Crippen LogP contribution in [0.15, 0.2) is 42.9 Å². The maximum absolute atomic E-state index is 13.4. The van der Waals surface area contributed by atoms with Gasteiger partial charge in [0, 0.05) is 50.8 Å². The first-order chi connectivity index (χ1) is 14.4. The lowest BCUT2D eigenvalue weighted by molar-refractivity contribution is -0.142. The minimum absolute atomic E-state index is 0.0185. The van der Waals surface area contributed by atoms with E-state index >= 15 is 0 Å². The molecule has 5 heterocycles. The summed E-state index contributed by atoms with van der Waals surface area (Å²) in [4.78, 5) is 34.4. The van der Waals surface area contributed by atoms with Crippen LogP contribution in [0.3, 0.4) is 0 Å². The lowest BCUT2D eigenvalue weighted by Crippen LogP contribution is -2.44. The molecule has 3 aliphatic heterocycles. The van der Waals surface area contributed by atoms with Gasteiger partial charge in [-0.25, -0.2) is 0 Å². The summed E-state index contributed by atoms with van der Waals surface area (Å²) < 4.78 is 8.03. The zero-order valence-electron chi connectivity index (χ0n) is 17.4. The summed E-state index contributed by atoms with van der Waals surface area (Å²) in [5.74, 6) is -1.05. The number of fused-ring (bicyclic) bond motifs is 1. The zero-order chi connectivity index (χ0) is 21.0. The lowest BCUT2D eigenvalue weighted by atomic mass is 9.76. The number of hydrogen-bond acceptors (Lipinski definition) is 5. The lowest BCUT2D eigenvalue weighted by Gasteiger charge is -2.27. The molecule has 2 aromatic rings. The Morgan fingerprint density at radius 2 is 2.23 bits per heavy atom. The number of rotatable bonds is 5. The van der Waals surface area contributed by atoms with Gasteiger partial charge >= 0.3 is 0 Å². The molecule has 156 valence electrons. The molecule has 0 aliphatic carbocycles. The number of amides is 2. The molecule has 8 heteroatoms. The summed E-state index contributed by atoms with van der Waals surface area (Å²) >= 11 is 0. The van der Waals surface area contributed by atoms with E-state index in [0.29, 0.717) is 19.6 Å². The average Bonchev–Trinajstić information content (AvgIpc) is 3.45. The highest BCUT2D eigenvalue weighted by atomic mass is 16.5. The van der Waals surface area contributed by atoms with Crippen LogP contribution in [0.25, 0.3) is 0 Å². The number of likely N-dealkylation sites (tertiary alicyclic amines) is 1. The second-order valence-electron chi connectivity index (χ2n) is 8.53. The molecule has 0 N–H and O–H groups in total. The Hall–Kier alpha value is -3.00. The molecule has 2 amide bonds. The van der Waals surface area contributed by atoms with Crippen molar-refractivity contribution in [3.05, 3.63) is 59.7 Å². The first-order valence-electron chi connectivity index (χ1n) is 10.2. The molecule has 2 saturated heterocycles. The second-order valence-corrected chi connectivity index (χ2v) is 8.53. The van der Waals surface area contributed by atoms with Gasteiger partial charge in [-0.05, 0) is 18.6 Å². The summed E-state index contributed by atoms with van der Waals surface area (Å²) in [5, 5.41) is 4.26. The molecule has 0 radical (unpaired) electrons. The number of carbonyl (C=O) groups excluding carboxylic acids is 2. The molecule has 2 unspecified atom stereocenters. The molecule has 2 fully saturated rings. The highest BCUT2D eigenvalue weighted by Crippen LogP contribution is 2.52. The third-order valence-electron chi connectivity index (χ3n) is 6.68. The van der Waals surface area contributed by atoms with Crippen molar-refractivity contribution in [3.63, 3.8) is 0 Å². The fourth-order valence-corrected chi connectivity index (χ4v) is 4.99. The van der Waals surface area contributed by atoms with Gasteiger partial charge in [-0.2, -0.15) is 5.10 Å². The Morgan fingerprint density at radius 3 is 2.93 bits per heavy atom. The van der Waals surface area contributed by atoms with E-state index in [4.69, 9.17) is 4.74 Å². The summed E-state index contributed by atoms with van der Waals surface area (Å²) in [7, 11) is 3.66. The number of nitrogens with zero attached hydrogens (tertiary/aromatic N) is 5. The normalized spacial score (nSPS) is 29.0. The van der Waals surface area contributed by atoms with E-state index in [2.05, 4.69) is 10.1 Å². The number of pyridine rings is 1. The minimum atomic E-state index is -0.699. The fourth-order valence-electron chi connectivity index (χ4n) is 4.99. The molecule has 1 spiro atoms. The highest BCUT2D eigenvalue weighted by molar-refractivity contribution is 5.93. The van der Waals surface area contributed by atoms with Gasteiger partial charge in [0.25, 0.3) is 0 Å². The van der Waals surface area contributed by atoms with Gasteiger partial charge in [0.05, 0.1) is 30.7 Å². The Labute approximate surface area is 175 Å². The summed E-state index contributed by atoms with van der Waals surface area (Å²) in [6, 6.07) is 3.81. The van der Waals surface area contributed by atoms with Crippen LogP contribution in [0.4, 0.5) is 0 Å². The van der Waals surface area contributed by atoms with E-state index in [1.165, 1.54) is 0 Å². The largest absolute Gasteiger partial charge is 0.360 e. The van der Waals surface area contributed by atoms with Crippen LogP contribution in [-0.2, 0) is 34.5 Å². The predicted octanol–water partition coefficient (Wildman–Crippen LogP) is 1.06. The van der Waals surface area contributed by atoms with E-state index in [1.807, 2.05) is 38.3 Å². The van der Waals surface area contributed by atoms with Crippen molar-refractivity contribution >= 4 is 11.8 Å². The van der Waals surface area contributed by atoms with Crippen molar-refractivity contribution in [2.45, 2.75) is 31.7 Å². The summed E-state index contributed by atoms with van der Waals surface area (Å²) in [6.45, 7) is 3.38. The van der Waals surface area contributed by atoms with E-state index in [-0.39, 0.29) is 17.9 Å². The zero-order valence-corrected chi connectivity index (χ0v) is 17.4.